The van der Waals surface area contributed by atoms with Crippen LogP contribution in [0, 0.1) is 0 Å². The Hall–Kier alpha value is -1.25. The summed E-state index contributed by atoms with van der Waals surface area (Å²) in [6.45, 7) is 6.98. The minimum atomic E-state index is -4.16. The molecule has 188 valence electrons. The van der Waals surface area contributed by atoms with Gasteiger partial charge in [0.2, 0.25) is 0 Å². The summed E-state index contributed by atoms with van der Waals surface area (Å²) in [5.74, 6) is 0.991. The number of hydrogen-bond acceptors (Lipinski definition) is 6. The van der Waals surface area contributed by atoms with Crippen molar-refractivity contribution in [3.63, 3.8) is 0 Å². The van der Waals surface area contributed by atoms with Gasteiger partial charge in [-0.2, -0.15) is 8.42 Å². The normalized spacial score (nSPS) is 13.9. The van der Waals surface area contributed by atoms with Crippen LogP contribution in [0.15, 0.2) is 17.1 Å². The van der Waals surface area contributed by atoms with Crippen molar-refractivity contribution in [1.29, 1.82) is 0 Å². The van der Waals surface area contributed by atoms with Crippen LogP contribution in [0.4, 0.5) is 0 Å². The van der Waals surface area contributed by atoms with Crippen LogP contribution < -0.4 is 0 Å². The van der Waals surface area contributed by atoms with Gasteiger partial charge in [0.1, 0.15) is 0 Å². The first kappa shape index (κ1) is 30.8. The highest BCUT2D eigenvalue weighted by Crippen LogP contribution is 2.11. The highest BCUT2D eigenvalue weighted by molar-refractivity contribution is 7.80. The van der Waals surface area contributed by atoms with E-state index in [0.29, 0.717) is 6.42 Å². The van der Waals surface area contributed by atoms with Gasteiger partial charge in [-0.3, -0.25) is 18.5 Å². The molecule has 0 fully saturated rings. The van der Waals surface area contributed by atoms with Gasteiger partial charge in [-0.15, -0.1) is 0 Å². The summed E-state index contributed by atoms with van der Waals surface area (Å²) in [6, 6.07) is 0. The first-order valence-corrected chi connectivity index (χ1v) is 13.7. The lowest BCUT2D eigenvalue weighted by atomic mass is 10.1. The van der Waals surface area contributed by atoms with Crippen molar-refractivity contribution in [3.05, 3.63) is 12.2 Å². The molecule has 1 aliphatic heterocycles. The smallest absolute Gasteiger partial charge is 0.352 e. The SMILES string of the molecule is CCCCCCCCC=CCCCCCCCC(=O)C1=NCCN1CC.COS(=O)(=O)O. The topological polar surface area (TPSA) is 96.3 Å². The number of Topliss-reactive ketones (excluding diaryl/α,β-unsaturated/α-hetero) is 1. The molecule has 0 aromatic heterocycles. The fraction of sp³-hybridized carbons (Fsp3) is 0.833. The van der Waals surface area contributed by atoms with E-state index in [1.807, 2.05) is 0 Å². The van der Waals surface area contributed by atoms with Crippen molar-refractivity contribution in [2.24, 2.45) is 4.99 Å². The molecule has 8 heteroatoms. The van der Waals surface area contributed by atoms with Crippen LogP contribution in [0.2, 0.25) is 0 Å². The predicted molar refractivity (Wildman–Crippen MR) is 133 cm³/mol. The van der Waals surface area contributed by atoms with Crippen LogP contribution >= 0.6 is 0 Å². The van der Waals surface area contributed by atoms with Crippen molar-refractivity contribution in [2.45, 2.75) is 104 Å². The van der Waals surface area contributed by atoms with Crippen molar-refractivity contribution in [1.82, 2.24) is 4.90 Å². The summed E-state index contributed by atoms with van der Waals surface area (Å²) in [7, 11) is -3.29. The van der Waals surface area contributed by atoms with Crippen LogP contribution in [0.1, 0.15) is 104 Å². The van der Waals surface area contributed by atoms with Crippen molar-refractivity contribution >= 4 is 22.0 Å². The summed E-state index contributed by atoms with van der Waals surface area (Å²) in [5.41, 5.74) is 0. The molecule has 0 unspecified atom stereocenters. The van der Waals surface area contributed by atoms with E-state index in [2.05, 4.69) is 40.1 Å². The van der Waals surface area contributed by atoms with E-state index in [4.69, 9.17) is 4.55 Å². The molecule has 0 amide bonds. The number of amidine groups is 1. The molecule has 1 rings (SSSR count). The number of hydrogen-bond donors (Lipinski definition) is 1. The summed E-state index contributed by atoms with van der Waals surface area (Å²) in [4.78, 5) is 18.6. The zero-order valence-electron chi connectivity index (χ0n) is 20.6. The molecule has 0 saturated carbocycles. The Morgan fingerprint density at radius 3 is 1.97 bits per heavy atom. The van der Waals surface area contributed by atoms with Gasteiger partial charge >= 0.3 is 10.4 Å². The molecule has 0 bridgehead atoms. The Morgan fingerprint density at radius 1 is 0.969 bits per heavy atom. The Balaban J connectivity index is 0.00000140. The van der Waals surface area contributed by atoms with Crippen LogP contribution in [0.5, 0.6) is 0 Å². The maximum absolute atomic E-state index is 12.2. The Kier molecular flexibility index (Phi) is 19.6. The quantitative estimate of drug-likeness (QED) is 0.154. The Labute approximate surface area is 196 Å². The highest BCUT2D eigenvalue weighted by atomic mass is 32.3. The first-order valence-electron chi connectivity index (χ1n) is 12.4. The molecule has 32 heavy (non-hydrogen) atoms. The lowest BCUT2D eigenvalue weighted by Gasteiger charge is -2.16. The number of allylic oxidation sites excluding steroid dienone is 2. The molecular weight excluding hydrogens is 428 g/mol. The number of aliphatic imine (C=N–C) groups is 1. The average Bonchev–Trinajstić information content (AvgIpc) is 3.25. The third kappa shape index (κ3) is 18.3. The Bertz CT molecular complexity index is 632. The number of likely N-dealkylation sites (N-methyl/N-ethyl adjacent to an activating group) is 1. The third-order valence-electron chi connectivity index (χ3n) is 5.44. The fourth-order valence-corrected chi connectivity index (χ4v) is 3.52. The second-order valence-electron chi connectivity index (χ2n) is 8.14. The zero-order chi connectivity index (χ0) is 24.1. The van der Waals surface area contributed by atoms with Gasteiger partial charge in [0.25, 0.3) is 0 Å². The van der Waals surface area contributed by atoms with E-state index >= 15 is 0 Å². The maximum atomic E-state index is 12.2. The van der Waals surface area contributed by atoms with E-state index in [1.54, 1.807) is 0 Å². The van der Waals surface area contributed by atoms with Gasteiger partial charge < -0.3 is 4.90 Å². The number of rotatable bonds is 18. The summed E-state index contributed by atoms with van der Waals surface area (Å²) >= 11 is 0. The van der Waals surface area contributed by atoms with Crippen LogP contribution in [-0.2, 0) is 19.4 Å². The molecule has 0 radical (unpaired) electrons. The summed E-state index contributed by atoms with van der Waals surface area (Å²) < 4.78 is 29.7. The summed E-state index contributed by atoms with van der Waals surface area (Å²) in [5, 5.41) is 0. The lowest BCUT2D eigenvalue weighted by Crippen LogP contribution is -2.33. The van der Waals surface area contributed by atoms with Gasteiger partial charge in [-0.25, -0.2) is 0 Å². The molecule has 0 aromatic carbocycles. The molecule has 0 spiro atoms. The summed E-state index contributed by atoms with van der Waals surface area (Å²) in [6.07, 6.45) is 22.2. The lowest BCUT2D eigenvalue weighted by molar-refractivity contribution is -0.113. The standard InChI is InChI=1S/C23H42N2O.CH4O4S/c1-3-5-6-7-8-9-10-11-12-13-14-15-16-17-18-19-22(26)23-24-20-21-25(23)4-2;1-5-6(2,3)4/h11-12H,3-10,13-21H2,1-2H3;1H3,(H,2,3,4). The molecule has 7 nitrogen and oxygen atoms in total. The second kappa shape index (κ2) is 20.4. The van der Waals surface area contributed by atoms with Crippen molar-refractivity contribution < 1.29 is 21.9 Å². The largest absolute Gasteiger partial charge is 0.397 e. The van der Waals surface area contributed by atoms with E-state index < -0.39 is 10.4 Å². The molecule has 1 N–H and O–H groups in total. The minimum Gasteiger partial charge on any atom is -0.352 e. The van der Waals surface area contributed by atoms with Gasteiger partial charge in [-0.1, -0.05) is 70.4 Å². The van der Waals surface area contributed by atoms with Crippen molar-refractivity contribution in [2.75, 3.05) is 26.7 Å². The molecular formula is C24H46N2O5S. The van der Waals surface area contributed by atoms with E-state index in [-0.39, 0.29) is 5.78 Å². The average molecular weight is 475 g/mol. The van der Waals surface area contributed by atoms with Gasteiger partial charge in [0.15, 0.2) is 11.6 Å². The van der Waals surface area contributed by atoms with Gasteiger partial charge in [-0.05, 0) is 39.0 Å². The fourth-order valence-electron chi connectivity index (χ4n) is 3.52. The third-order valence-corrected chi connectivity index (χ3v) is 5.86. The number of unbranched alkanes of at least 4 members (excludes halogenated alkanes) is 11. The second-order valence-corrected chi connectivity index (χ2v) is 9.33. The van der Waals surface area contributed by atoms with Crippen molar-refractivity contribution in [3.8, 4) is 0 Å². The minimum absolute atomic E-state index is 0.252. The molecule has 0 atom stereocenters. The molecule has 1 heterocycles. The number of carbonyl (C=O) groups excluding carboxylic acids is 1. The molecule has 0 aromatic rings. The number of carbonyl (C=O) groups is 1. The van der Waals surface area contributed by atoms with Crippen LogP contribution in [0.25, 0.3) is 0 Å². The predicted octanol–water partition coefficient (Wildman–Crippen LogP) is 5.76. The van der Waals surface area contributed by atoms with Crippen LogP contribution in [-0.4, -0.2) is 56.2 Å². The van der Waals surface area contributed by atoms with E-state index in [9.17, 15) is 13.2 Å². The number of ketones is 1. The first-order chi connectivity index (χ1) is 15.4. The van der Waals surface area contributed by atoms with E-state index in [1.165, 1.54) is 77.0 Å². The molecule has 1 aliphatic rings. The van der Waals surface area contributed by atoms with Gasteiger partial charge in [0, 0.05) is 19.5 Å². The monoisotopic (exact) mass is 474 g/mol. The zero-order valence-corrected chi connectivity index (χ0v) is 21.4. The maximum Gasteiger partial charge on any atom is 0.397 e. The highest BCUT2D eigenvalue weighted by Gasteiger charge is 2.21. The van der Waals surface area contributed by atoms with E-state index in [0.717, 1.165) is 39.0 Å². The van der Waals surface area contributed by atoms with Gasteiger partial charge in [0.05, 0.1) is 13.7 Å². The molecule has 0 saturated heterocycles. The number of nitrogens with zero attached hydrogens (tertiary/aromatic N) is 2. The van der Waals surface area contributed by atoms with Crippen LogP contribution in [0.3, 0.4) is 0 Å². The Morgan fingerprint density at radius 2 is 1.47 bits per heavy atom. The molecule has 0 aliphatic carbocycles.